The second-order valence-corrected chi connectivity index (χ2v) is 6.81. The maximum atomic E-state index is 12.3. The van der Waals surface area contributed by atoms with Crippen LogP contribution in [0.15, 0.2) is 48.7 Å². The van der Waals surface area contributed by atoms with Crippen molar-refractivity contribution < 1.29 is 14.3 Å². The number of rotatable bonds is 4. The standard InChI is InChI=1S/C21H21N3O3/c1-14-6-4-11-19-22-18(12-24(14)19)21(26)27-13-20(25)23-17-10-5-8-15-7-2-3-9-16(15)17/h2-4,6-7,9,11-12,17H,5,8,10,13H2,1H3,(H,23,25). The Bertz CT molecular complexity index is 1010. The van der Waals surface area contributed by atoms with Crippen molar-refractivity contribution in [1.82, 2.24) is 14.7 Å². The van der Waals surface area contributed by atoms with Crippen LogP contribution in [0.25, 0.3) is 5.65 Å². The molecule has 0 aliphatic heterocycles. The average molecular weight is 363 g/mol. The lowest BCUT2D eigenvalue weighted by Crippen LogP contribution is -2.34. The van der Waals surface area contributed by atoms with Gasteiger partial charge >= 0.3 is 5.97 Å². The number of pyridine rings is 1. The molecule has 0 bridgehead atoms. The predicted molar refractivity (Wildman–Crippen MR) is 100 cm³/mol. The summed E-state index contributed by atoms with van der Waals surface area (Å²) in [6, 6.07) is 13.7. The number of aromatic nitrogens is 2. The monoisotopic (exact) mass is 363 g/mol. The molecule has 4 rings (SSSR count). The molecule has 138 valence electrons. The number of aryl methyl sites for hydroxylation is 2. The van der Waals surface area contributed by atoms with E-state index in [-0.39, 0.29) is 24.2 Å². The quantitative estimate of drug-likeness (QED) is 0.723. The van der Waals surface area contributed by atoms with E-state index in [2.05, 4.69) is 16.4 Å². The van der Waals surface area contributed by atoms with Gasteiger partial charge in [-0.25, -0.2) is 9.78 Å². The zero-order valence-electron chi connectivity index (χ0n) is 15.1. The second-order valence-electron chi connectivity index (χ2n) is 6.81. The van der Waals surface area contributed by atoms with E-state index >= 15 is 0 Å². The number of ether oxygens (including phenoxy) is 1. The highest BCUT2D eigenvalue weighted by Gasteiger charge is 2.22. The number of fused-ring (bicyclic) bond motifs is 2. The Kier molecular flexibility index (Phi) is 4.62. The smallest absolute Gasteiger partial charge is 0.359 e. The van der Waals surface area contributed by atoms with Crippen LogP contribution in [-0.2, 0) is 16.0 Å². The van der Waals surface area contributed by atoms with Gasteiger partial charge in [0, 0.05) is 11.9 Å². The van der Waals surface area contributed by atoms with Crippen molar-refractivity contribution in [2.75, 3.05) is 6.61 Å². The minimum absolute atomic E-state index is 0.0287. The lowest BCUT2D eigenvalue weighted by molar-refractivity contribution is -0.125. The number of imidazole rings is 1. The summed E-state index contributed by atoms with van der Waals surface area (Å²) in [5.74, 6) is -0.901. The summed E-state index contributed by atoms with van der Waals surface area (Å²) in [6.07, 6.45) is 4.58. The molecule has 0 saturated carbocycles. The highest BCUT2D eigenvalue weighted by atomic mass is 16.5. The van der Waals surface area contributed by atoms with Crippen molar-refractivity contribution in [2.45, 2.75) is 32.2 Å². The van der Waals surface area contributed by atoms with Crippen molar-refractivity contribution in [3.05, 3.63) is 71.2 Å². The fourth-order valence-corrected chi connectivity index (χ4v) is 3.59. The number of nitrogens with one attached hydrogen (secondary N) is 1. The first kappa shape index (κ1) is 17.3. The van der Waals surface area contributed by atoms with Crippen LogP contribution in [0.5, 0.6) is 0 Å². The summed E-state index contributed by atoms with van der Waals surface area (Å²) in [5, 5.41) is 2.98. The summed E-state index contributed by atoms with van der Waals surface area (Å²) < 4.78 is 6.98. The van der Waals surface area contributed by atoms with Gasteiger partial charge in [0.1, 0.15) is 5.65 Å². The molecule has 6 heteroatoms. The van der Waals surface area contributed by atoms with E-state index in [4.69, 9.17) is 4.74 Å². The largest absolute Gasteiger partial charge is 0.451 e. The van der Waals surface area contributed by atoms with Gasteiger partial charge in [-0.2, -0.15) is 0 Å². The first-order valence-corrected chi connectivity index (χ1v) is 9.11. The molecule has 0 radical (unpaired) electrons. The van der Waals surface area contributed by atoms with Crippen LogP contribution in [0.4, 0.5) is 0 Å². The first-order chi connectivity index (χ1) is 13.1. The third kappa shape index (κ3) is 3.56. The normalized spacial score (nSPS) is 16.0. The Balaban J connectivity index is 1.38. The fourth-order valence-electron chi connectivity index (χ4n) is 3.59. The van der Waals surface area contributed by atoms with Crippen LogP contribution in [-0.4, -0.2) is 27.9 Å². The molecule has 1 amide bonds. The van der Waals surface area contributed by atoms with Crippen LogP contribution in [0.3, 0.4) is 0 Å². The molecule has 0 saturated heterocycles. The Morgan fingerprint density at radius 1 is 1.22 bits per heavy atom. The molecule has 1 N–H and O–H groups in total. The molecular weight excluding hydrogens is 342 g/mol. The van der Waals surface area contributed by atoms with Crippen LogP contribution in [0.2, 0.25) is 0 Å². The van der Waals surface area contributed by atoms with Crippen molar-refractivity contribution in [3.63, 3.8) is 0 Å². The number of carbonyl (C=O) groups excluding carboxylic acids is 2. The molecular formula is C21H21N3O3. The van der Waals surface area contributed by atoms with Gasteiger partial charge in [0.15, 0.2) is 12.3 Å². The van der Waals surface area contributed by atoms with Crippen molar-refractivity contribution in [2.24, 2.45) is 0 Å². The molecule has 1 aliphatic rings. The van der Waals surface area contributed by atoms with Gasteiger partial charge in [-0.15, -0.1) is 0 Å². The van der Waals surface area contributed by atoms with Crippen LogP contribution >= 0.6 is 0 Å². The molecule has 27 heavy (non-hydrogen) atoms. The molecule has 1 aliphatic carbocycles. The highest BCUT2D eigenvalue weighted by Crippen LogP contribution is 2.29. The minimum atomic E-state index is -0.600. The molecule has 2 aromatic heterocycles. The lowest BCUT2D eigenvalue weighted by Gasteiger charge is -2.26. The third-order valence-corrected chi connectivity index (χ3v) is 4.94. The molecule has 1 aromatic carbocycles. The molecule has 1 atom stereocenters. The lowest BCUT2D eigenvalue weighted by atomic mass is 9.88. The van der Waals surface area contributed by atoms with E-state index in [1.807, 2.05) is 47.7 Å². The number of hydrogen-bond acceptors (Lipinski definition) is 4. The zero-order valence-corrected chi connectivity index (χ0v) is 15.1. The van der Waals surface area contributed by atoms with Crippen molar-refractivity contribution in [3.8, 4) is 0 Å². The number of hydrogen-bond donors (Lipinski definition) is 1. The SMILES string of the molecule is Cc1cccc2nc(C(=O)OCC(=O)NC3CCCc4ccccc43)cn12. The van der Waals surface area contributed by atoms with Crippen LogP contribution < -0.4 is 5.32 Å². The summed E-state index contributed by atoms with van der Waals surface area (Å²) >= 11 is 0. The third-order valence-electron chi connectivity index (χ3n) is 4.94. The zero-order chi connectivity index (χ0) is 18.8. The molecule has 3 aromatic rings. The predicted octanol–water partition coefficient (Wildman–Crippen LogP) is 2.99. The molecule has 0 fully saturated rings. The topological polar surface area (TPSA) is 72.7 Å². The number of amides is 1. The van der Waals surface area contributed by atoms with Crippen LogP contribution in [0, 0.1) is 6.92 Å². The summed E-state index contributed by atoms with van der Waals surface area (Å²) in [6.45, 7) is 1.61. The number of nitrogens with zero attached hydrogens (tertiary/aromatic N) is 2. The van der Waals surface area contributed by atoms with Crippen molar-refractivity contribution in [1.29, 1.82) is 0 Å². The second kappa shape index (κ2) is 7.23. The molecule has 6 nitrogen and oxygen atoms in total. The number of esters is 1. The number of benzene rings is 1. The Hall–Kier alpha value is -3.15. The Morgan fingerprint density at radius 3 is 2.93 bits per heavy atom. The van der Waals surface area contributed by atoms with E-state index in [1.54, 1.807) is 6.20 Å². The Labute approximate surface area is 157 Å². The van der Waals surface area contributed by atoms with Gasteiger partial charge in [-0.05, 0) is 49.4 Å². The summed E-state index contributed by atoms with van der Waals surface area (Å²) in [4.78, 5) is 28.8. The molecule has 0 spiro atoms. The highest BCUT2D eigenvalue weighted by molar-refractivity contribution is 5.90. The van der Waals surface area contributed by atoms with Gasteiger partial charge in [-0.3, -0.25) is 4.79 Å². The Morgan fingerprint density at radius 2 is 2.07 bits per heavy atom. The van der Waals surface area contributed by atoms with E-state index in [9.17, 15) is 9.59 Å². The maximum Gasteiger partial charge on any atom is 0.359 e. The minimum Gasteiger partial charge on any atom is -0.451 e. The summed E-state index contributed by atoms with van der Waals surface area (Å²) in [5.41, 5.74) is 4.25. The van der Waals surface area contributed by atoms with Gasteiger partial charge in [0.05, 0.1) is 6.04 Å². The van der Waals surface area contributed by atoms with Gasteiger partial charge < -0.3 is 14.5 Å². The van der Waals surface area contributed by atoms with E-state index < -0.39 is 5.97 Å². The van der Waals surface area contributed by atoms with Gasteiger partial charge in [0.25, 0.3) is 5.91 Å². The molecule has 2 heterocycles. The van der Waals surface area contributed by atoms with E-state index in [0.717, 1.165) is 30.5 Å². The maximum absolute atomic E-state index is 12.3. The van der Waals surface area contributed by atoms with Crippen molar-refractivity contribution >= 4 is 17.5 Å². The van der Waals surface area contributed by atoms with Gasteiger partial charge in [0.2, 0.25) is 0 Å². The van der Waals surface area contributed by atoms with Gasteiger partial charge in [-0.1, -0.05) is 30.3 Å². The van der Waals surface area contributed by atoms with E-state index in [1.165, 1.54) is 5.56 Å². The average Bonchev–Trinajstić information content (AvgIpc) is 3.12. The number of carbonyl (C=O) groups is 2. The first-order valence-electron chi connectivity index (χ1n) is 9.11. The fraction of sp³-hybridized carbons (Fsp3) is 0.286. The molecule has 1 unspecified atom stereocenters. The van der Waals surface area contributed by atoms with Crippen LogP contribution in [0.1, 0.15) is 46.2 Å². The summed E-state index contributed by atoms with van der Waals surface area (Å²) in [7, 11) is 0. The van der Waals surface area contributed by atoms with E-state index in [0.29, 0.717) is 5.65 Å².